The van der Waals surface area contributed by atoms with Gasteiger partial charge in [-0.15, -0.1) is 0 Å². The third-order valence-electron chi connectivity index (χ3n) is 9.49. The maximum absolute atomic E-state index is 13.2. The average molecular weight is 959 g/mol. The molecule has 0 aliphatic carbocycles. The third-order valence-corrected chi connectivity index (χ3v) is 9.49. The van der Waals surface area contributed by atoms with Gasteiger partial charge in [-0.05, 0) is 60.0 Å². The molecule has 68 heavy (non-hydrogen) atoms. The second kappa shape index (κ2) is 30.4. The summed E-state index contributed by atoms with van der Waals surface area (Å²) in [6, 6.07) is 8.99. The van der Waals surface area contributed by atoms with Gasteiger partial charge in [-0.1, -0.05) is 18.2 Å². The number of phenols is 6. The van der Waals surface area contributed by atoms with Crippen molar-refractivity contribution < 1.29 is 83.1 Å². The fraction of sp³-hybridized carbons (Fsp3) is 0.467. The largest absolute Gasteiger partial charge is 0.504 e. The van der Waals surface area contributed by atoms with Gasteiger partial charge in [0, 0.05) is 52.4 Å². The zero-order valence-corrected chi connectivity index (χ0v) is 37.9. The minimum Gasteiger partial charge on any atom is -0.504 e. The lowest BCUT2D eigenvalue weighted by molar-refractivity contribution is -0.132. The Hall–Kier alpha value is -6.92. The first-order valence-electron chi connectivity index (χ1n) is 21.7. The molecule has 23 nitrogen and oxygen atoms in total. The molecule has 0 spiro atoms. The van der Waals surface area contributed by atoms with Crippen LogP contribution in [0.5, 0.6) is 34.5 Å². The van der Waals surface area contributed by atoms with Crippen LogP contribution in [0.15, 0.2) is 54.6 Å². The van der Waals surface area contributed by atoms with E-state index in [9.17, 15) is 59.4 Å². The summed E-state index contributed by atoms with van der Waals surface area (Å²) < 4.78 is 27.0. The second-order valence-corrected chi connectivity index (χ2v) is 15.0. The molecule has 0 saturated heterocycles. The molecule has 12 N–H and O–H groups in total. The fourth-order valence-corrected chi connectivity index (χ4v) is 6.16. The van der Waals surface area contributed by atoms with E-state index < -0.39 is 72.5 Å². The number of hydrogen-bond acceptors (Lipinski definition) is 17. The predicted molar refractivity (Wildman–Crippen MR) is 241 cm³/mol. The number of aromatic hydroxyl groups is 6. The molecular formula is C45H62N6O17. The number of phenolic OH excluding ortho intramolecular Hbond substituents is 6. The van der Waals surface area contributed by atoms with Crippen LogP contribution >= 0.6 is 0 Å². The Bertz CT molecular complexity index is 2110. The van der Waals surface area contributed by atoms with Crippen LogP contribution in [-0.4, -0.2) is 170 Å². The normalized spacial score (nSPS) is 12.3. The molecule has 374 valence electrons. The number of hydrogen-bond donors (Lipinski definition) is 12. The highest BCUT2D eigenvalue weighted by Gasteiger charge is 2.24. The highest BCUT2D eigenvalue weighted by Crippen LogP contribution is 2.27. The third kappa shape index (κ3) is 21.6. The molecule has 0 heterocycles. The minimum absolute atomic E-state index is 0.0117. The summed E-state index contributed by atoms with van der Waals surface area (Å²) in [7, 11) is 0. The molecular weight excluding hydrogens is 897 g/mol. The molecule has 3 atom stereocenters. The standard InChI is InChI=1S/C45H62N6O17/c1-3-64-13-10-46-44(62)33(21-30-5-8-36(54)39(57)24-30)50-41(59)26-68-19-17-66-15-12-48-45(63)34(22-31-6-9-37(55)40(58)25-31)51-42(60)27-67-18-16-65-14-11-47-43(61)32(49-28(2)52)20-29-4-7-35(53)38(56)23-29/h4-9,23-25,32-34,53-58H,3,10-22,26-27H2,1-2H3,(H,46,62)(H,47,61)(H,48,63)(H,49,52)(H,50,59)(H,51,60). The van der Waals surface area contributed by atoms with Crippen LogP contribution in [0.4, 0.5) is 0 Å². The van der Waals surface area contributed by atoms with Crippen LogP contribution in [-0.2, 0) is 71.7 Å². The number of carbonyl (C=O) groups is 6. The van der Waals surface area contributed by atoms with Crippen molar-refractivity contribution in [2.45, 2.75) is 51.2 Å². The number of nitrogens with one attached hydrogen (secondary N) is 6. The van der Waals surface area contributed by atoms with Gasteiger partial charge in [0.1, 0.15) is 31.3 Å². The van der Waals surface area contributed by atoms with Crippen molar-refractivity contribution in [3.05, 3.63) is 71.3 Å². The first kappa shape index (κ1) is 55.4. The smallest absolute Gasteiger partial charge is 0.246 e. The van der Waals surface area contributed by atoms with Crippen molar-refractivity contribution in [2.75, 3.05) is 85.7 Å². The Balaban J connectivity index is 1.37. The monoisotopic (exact) mass is 958 g/mol. The molecule has 3 rings (SSSR count). The number of rotatable bonds is 32. The van der Waals surface area contributed by atoms with Crippen molar-refractivity contribution >= 4 is 35.4 Å². The lowest BCUT2D eigenvalue weighted by atomic mass is 10.0. The highest BCUT2D eigenvalue weighted by atomic mass is 16.5. The lowest BCUT2D eigenvalue weighted by Gasteiger charge is -2.19. The van der Waals surface area contributed by atoms with E-state index in [2.05, 4.69) is 31.9 Å². The van der Waals surface area contributed by atoms with Gasteiger partial charge in [0.2, 0.25) is 35.4 Å². The van der Waals surface area contributed by atoms with Gasteiger partial charge in [-0.3, -0.25) is 28.8 Å². The summed E-state index contributed by atoms with van der Waals surface area (Å²) in [6.07, 6.45) is -0.00274. The van der Waals surface area contributed by atoms with Crippen LogP contribution < -0.4 is 31.9 Å². The van der Waals surface area contributed by atoms with Crippen LogP contribution in [0.25, 0.3) is 0 Å². The van der Waals surface area contributed by atoms with Gasteiger partial charge < -0.3 is 86.2 Å². The van der Waals surface area contributed by atoms with Gasteiger partial charge in [0.15, 0.2) is 34.5 Å². The predicted octanol–water partition coefficient (Wildman–Crippen LogP) is -1.13. The van der Waals surface area contributed by atoms with Crippen LogP contribution in [0.1, 0.15) is 30.5 Å². The van der Waals surface area contributed by atoms with Crippen molar-refractivity contribution in [1.29, 1.82) is 0 Å². The number of carbonyl (C=O) groups excluding carboxylic acids is 6. The Morgan fingerprint density at radius 3 is 1.09 bits per heavy atom. The summed E-state index contributed by atoms with van der Waals surface area (Å²) in [4.78, 5) is 76.0. The SMILES string of the molecule is CCOCCNC(=O)C(Cc1ccc(O)c(O)c1)NC(=O)COCCOCCNC(=O)C(Cc1ccc(O)c(O)c1)NC(=O)COCCOCCNC(=O)C(Cc1ccc(O)c(O)c1)NC(C)=O. The lowest BCUT2D eigenvalue weighted by Crippen LogP contribution is -2.49. The maximum Gasteiger partial charge on any atom is 0.246 e. The van der Waals surface area contributed by atoms with Gasteiger partial charge in [0.25, 0.3) is 0 Å². The van der Waals surface area contributed by atoms with Crippen LogP contribution in [0.3, 0.4) is 0 Å². The molecule has 0 saturated carbocycles. The molecule has 0 fully saturated rings. The molecule has 0 bridgehead atoms. The molecule has 0 aliphatic heterocycles. The van der Waals surface area contributed by atoms with E-state index in [0.717, 1.165) is 0 Å². The van der Waals surface area contributed by atoms with E-state index in [0.29, 0.717) is 23.3 Å². The number of benzene rings is 3. The summed E-state index contributed by atoms with van der Waals surface area (Å²) in [6.45, 7) is 3.41. The van der Waals surface area contributed by atoms with Crippen molar-refractivity contribution in [3.8, 4) is 34.5 Å². The summed E-state index contributed by atoms with van der Waals surface area (Å²) in [5.74, 6) is -5.43. The number of ether oxygens (including phenoxy) is 5. The van der Waals surface area contributed by atoms with Crippen molar-refractivity contribution in [2.24, 2.45) is 0 Å². The number of amides is 6. The second-order valence-electron chi connectivity index (χ2n) is 15.0. The maximum atomic E-state index is 13.2. The zero-order valence-electron chi connectivity index (χ0n) is 37.9. The summed E-state index contributed by atoms with van der Waals surface area (Å²) in [5.41, 5.74) is 1.41. The first-order chi connectivity index (χ1) is 32.6. The highest BCUT2D eigenvalue weighted by molar-refractivity contribution is 5.89. The molecule has 0 aromatic heterocycles. The van der Waals surface area contributed by atoms with E-state index >= 15 is 0 Å². The quantitative estimate of drug-likeness (QED) is 0.0260. The molecule has 0 radical (unpaired) electrons. The topological polar surface area (TPSA) is 342 Å². The van der Waals surface area contributed by atoms with Crippen molar-refractivity contribution in [1.82, 2.24) is 31.9 Å². The molecule has 6 amide bonds. The molecule has 23 heteroatoms. The van der Waals surface area contributed by atoms with E-state index in [-0.39, 0.29) is 114 Å². The van der Waals surface area contributed by atoms with Crippen LogP contribution in [0, 0.1) is 0 Å². The molecule has 3 aromatic carbocycles. The minimum atomic E-state index is -1.13. The molecule has 3 aromatic rings. The summed E-state index contributed by atoms with van der Waals surface area (Å²) in [5, 5.41) is 74.2. The Morgan fingerprint density at radius 1 is 0.441 bits per heavy atom. The zero-order chi connectivity index (χ0) is 49.8. The van der Waals surface area contributed by atoms with Gasteiger partial charge in [-0.2, -0.15) is 0 Å². The van der Waals surface area contributed by atoms with E-state index in [1.165, 1.54) is 61.5 Å². The van der Waals surface area contributed by atoms with Crippen LogP contribution in [0.2, 0.25) is 0 Å². The van der Waals surface area contributed by atoms with Crippen molar-refractivity contribution in [3.63, 3.8) is 0 Å². The fourth-order valence-electron chi connectivity index (χ4n) is 6.16. The Labute approximate surface area is 392 Å². The van der Waals surface area contributed by atoms with Gasteiger partial charge in [0.05, 0.1) is 46.2 Å². The molecule has 3 unspecified atom stereocenters. The first-order valence-corrected chi connectivity index (χ1v) is 21.7. The Kier molecular flexibility index (Phi) is 24.8. The van der Waals surface area contributed by atoms with Gasteiger partial charge in [-0.25, -0.2) is 0 Å². The molecule has 0 aliphatic rings. The van der Waals surface area contributed by atoms with Gasteiger partial charge >= 0.3 is 0 Å². The van der Waals surface area contributed by atoms with E-state index in [1.54, 1.807) is 0 Å². The Morgan fingerprint density at radius 2 is 0.765 bits per heavy atom. The van der Waals surface area contributed by atoms with E-state index in [4.69, 9.17) is 23.7 Å². The van der Waals surface area contributed by atoms with E-state index in [1.807, 2.05) is 6.92 Å². The average Bonchev–Trinajstić information content (AvgIpc) is 3.29. The summed E-state index contributed by atoms with van der Waals surface area (Å²) >= 11 is 0.